The van der Waals surface area contributed by atoms with E-state index in [-0.39, 0.29) is 15.7 Å². The Kier molecular flexibility index (Phi) is 3.92. The molecule has 0 fully saturated rings. The van der Waals surface area contributed by atoms with Gasteiger partial charge in [0.25, 0.3) is 10.0 Å². The van der Waals surface area contributed by atoms with Crippen molar-refractivity contribution in [3.63, 3.8) is 0 Å². The average molecular weight is 366 g/mol. The van der Waals surface area contributed by atoms with Crippen LogP contribution in [0.25, 0.3) is 0 Å². The minimum atomic E-state index is -3.82. The van der Waals surface area contributed by atoms with E-state index >= 15 is 0 Å². The van der Waals surface area contributed by atoms with Gasteiger partial charge in [0.05, 0.1) is 10.9 Å². The van der Waals surface area contributed by atoms with E-state index in [9.17, 15) is 13.2 Å². The topological polar surface area (TPSA) is 101 Å². The number of rotatable bonds is 4. The molecule has 2 rings (SSSR count). The van der Waals surface area contributed by atoms with Crippen LogP contribution in [0, 0.1) is 0 Å². The summed E-state index contributed by atoms with van der Waals surface area (Å²) in [4.78, 5) is 17.9. The van der Waals surface area contributed by atoms with Crippen LogP contribution in [0.1, 0.15) is 9.67 Å². The van der Waals surface area contributed by atoms with E-state index in [1.807, 2.05) is 0 Å². The Bertz CT molecular complexity index is 693. The zero-order valence-corrected chi connectivity index (χ0v) is 12.7. The molecule has 0 saturated carbocycles. The van der Waals surface area contributed by atoms with E-state index < -0.39 is 16.0 Å². The number of H-pyrrole nitrogens is 1. The quantitative estimate of drug-likeness (QED) is 0.804. The lowest BCUT2D eigenvalue weighted by Gasteiger charge is -2.03. The molecular weight excluding hydrogens is 358 g/mol. The minimum absolute atomic E-state index is 0.0469. The van der Waals surface area contributed by atoms with Crippen molar-refractivity contribution in [2.75, 3.05) is 11.8 Å². The fraction of sp³-hybridized carbons (Fsp3) is 0.111. The molecule has 0 aliphatic carbocycles. The van der Waals surface area contributed by atoms with Gasteiger partial charge in [-0.05, 0) is 22.0 Å². The predicted molar refractivity (Wildman–Crippen MR) is 72.8 cm³/mol. The van der Waals surface area contributed by atoms with Gasteiger partial charge >= 0.3 is 5.97 Å². The van der Waals surface area contributed by atoms with Gasteiger partial charge in [-0.3, -0.25) is 0 Å². The number of nitrogens with one attached hydrogen (secondary N) is 2. The van der Waals surface area contributed by atoms with E-state index in [2.05, 4.69) is 35.4 Å². The number of methoxy groups -OCH3 is 1. The molecule has 0 aliphatic heterocycles. The van der Waals surface area contributed by atoms with Crippen molar-refractivity contribution in [3.05, 3.63) is 27.1 Å². The first kappa shape index (κ1) is 14.0. The lowest BCUT2D eigenvalue weighted by atomic mass is 10.5. The van der Waals surface area contributed by atoms with Gasteiger partial charge in [0, 0.05) is 12.4 Å². The maximum Gasteiger partial charge on any atom is 0.348 e. The second-order valence-electron chi connectivity index (χ2n) is 3.28. The van der Waals surface area contributed by atoms with Crippen LogP contribution in [0.3, 0.4) is 0 Å². The lowest BCUT2D eigenvalue weighted by molar-refractivity contribution is 0.0606. The zero-order valence-electron chi connectivity index (χ0n) is 9.51. The number of hydrogen-bond acceptors (Lipinski definition) is 6. The van der Waals surface area contributed by atoms with Crippen molar-refractivity contribution >= 4 is 49.2 Å². The van der Waals surface area contributed by atoms with Crippen LogP contribution in [0.2, 0.25) is 0 Å². The predicted octanol–water partition coefficient (Wildman–Crippen LogP) is 1.82. The van der Waals surface area contributed by atoms with E-state index in [1.54, 1.807) is 0 Å². The number of esters is 1. The highest BCUT2D eigenvalue weighted by atomic mass is 79.9. The molecule has 19 heavy (non-hydrogen) atoms. The molecule has 0 bridgehead atoms. The molecule has 10 heteroatoms. The van der Waals surface area contributed by atoms with Gasteiger partial charge in [-0.25, -0.2) is 22.9 Å². The van der Waals surface area contributed by atoms with Crippen LogP contribution < -0.4 is 4.72 Å². The van der Waals surface area contributed by atoms with Gasteiger partial charge in [-0.1, -0.05) is 0 Å². The van der Waals surface area contributed by atoms with E-state index in [1.165, 1.54) is 25.6 Å². The van der Waals surface area contributed by atoms with Gasteiger partial charge < -0.3 is 9.72 Å². The summed E-state index contributed by atoms with van der Waals surface area (Å²) in [6.07, 6.45) is 2.90. The standard InChI is InChI=1S/C9H8BrN3O4S2/c1-17-8(14)5-4-6(7(10)18-5)19(15,16)13-9-11-2-3-12-9/h2-4H,1H3,(H2,11,12,13). The third-order valence-corrected chi connectivity index (χ3v) is 5.63. The molecule has 0 radical (unpaired) electrons. The Morgan fingerprint density at radius 3 is 2.89 bits per heavy atom. The summed E-state index contributed by atoms with van der Waals surface area (Å²) in [5, 5.41) is 0. The highest BCUT2D eigenvalue weighted by Crippen LogP contribution is 2.32. The highest BCUT2D eigenvalue weighted by molar-refractivity contribution is 9.11. The van der Waals surface area contributed by atoms with Crippen molar-refractivity contribution in [2.24, 2.45) is 0 Å². The van der Waals surface area contributed by atoms with E-state index in [0.717, 1.165) is 11.3 Å². The molecule has 0 amide bonds. The zero-order chi connectivity index (χ0) is 14.0. The lowest BCUT2D eigenvalue weighted by Crippen LogP contribution is -2.13. The smallest absolute Gasteiger partial charge is 0.348 e. The van der Waals surface area contributed by atoms with Crippen LogP contribution in [0.5, 0.6) is 0 Å². The molecule has 0 unspecified atom stereocenters. The fourth-order valence-corrected chi connectivity index (χ4v) is 4.70. The average Bonchev–Trinajstić information content (AvgIpc) is 2.97. The molecule has 0 saturated heterocycles. The summed E-state index contributed by atoms with van der Waals surface area (Å²) in [5.74, 6) is -0.497. The van der Waals surface area contributed by atoms with Crippen LogP contribution in [-0.2, 0) is 14.8 Å². The fourth-order valence-electron chi connectivity index (χ4n) is 1.24. The third kappa shape index (κ3) is 2.96. The number of ether oxygens (including phenoxy) is 1. The monoisotopic (exact) mass is 365 g/mol. The molecule has 7 nitrogen and oxygen atoms in total. The number of carbonyl (C=O) groups is 1. The van der Waals surface area contributed by atoms with Crippen molar-refractivity contribution < 1.29 is 17.9 Å². The van der Waals surface area contributed by atoms with E-state index in [4.69, 9.17) is 0 Å². The molecule has 0 spiro atoms. The summed E-state index contributed by atoms with van der Waals surface area (Å²) >= 11 is 4.09. The summed E-state index contributed by atoms with van der Waals surface area (Å²) in [6, 6.07) is 1.24. The molecule has 0 aromatic carbocycles. The Labute approximate surface area is 121 Å². The number of nitrogens with zero attached hydrogens (tertiary/aromatic N) is 1. The van der Waals surface area contributed by atoms with Crippen LogP contribution >= 0.6 is 27.3 Å². The molecule has 0 aliphatic rings. The first-order valence-corrected chi connectivity index (χ1v) is 7.93. The second-order valence-corrected chi connectivity index (χ2v) is 7.30. The first-order chi connectivity index (χ1) is 8.94. The first-order valence-electron chi connectivity index (χ1n) is 4.84. The molecular formula is C9H8BrN3O4S2. The molecule has 2 aromatic rings. The number of thiophene rings is 1. The third-order valence-electron chi connectivity index (χ3n) is 2.06. The van der Waals surface area contributed by atoms with Gasteiger partial charge in [0.15, 0.2) is 0 Å². The van der Waals surface area contributed by atoms with Crippen molar-refractivity contribution in [2.45, 2.75) is 4.90 Å². The molecule has 2 N–H and O–H groups in total. The van der Waals surface area contributed by atoms with Gasteiger partial charge in [0.2, 0.25) is 5.95 Å². The number of imidazole rings is 1. The number of halogens is 1. The number of aromatic nitrogens is 2. The van der Waals surface area contributed by atoms with Gasteiger partial charge in [0.1, 0.15) is 9.77 Å². The Morgan fingerprint density at radius 1 is 1.58 bits per heavy atom. The Morgan fingerprint density at radius 2 is 2.32 bits per heavy atom. The summed E-state index contributed by atoms with van der Waals surface area (Å²) in [7, 11) is -2.60. The maximum absolute atomic E-state index is 12.1. The summed E-state index contributed by atoms with van der Waals surface area (Å²) in [6.45, 7) is 0. The van der Waals surface area contributed by atoms with Crippen molar-refractivity contribution in [1.29, 1.82) is 0 Å². The number of aromatic amines is 1. The SMILES string of the molecule is COC(=O)c1cc(S(=O)(=O)Nc2ncc[nH]2)c(Br)s1. The Hall–Kier alpha value is -1.39. The molecule has 0 atom stereocenters. The van der Waals surface area contributed by atoms with Crippen LogP contribution in [0.15, 0.2) is 27.1 Å². The van der Waals surface area contributed by atoms with Gasteiger partial charge in [-0.2, -0.15) is 0 Å². The van der Waals surface area contributed by atoms with Crippen molar-refractivity contribution in [1.82, 2.24) is 9.97 Å². The van der Waals surface area contributed by atoms with Crippen LogP contribution in [-0.4, -0.2) is 31.5 Å². The summed E-state index contributed by atoms with van der Waals surface area (Å²) < 4.78 is 31.3. The van der Waals surface area contributed by atoms with Crippen LogP contribution in [0.4, 0.5) is 5.95 Å². The Balaban J connectivity index is 2.35. The van der Waals surface area contributed by atoms with E-state index in [0.29, 0.717) is 3.79 Å². The molecule has 102 valence electrons. The number of carbonyl (C=O) groups excluding carboxylic acids is 1. The number of hydrogen-bond donors (Lipinski definition) is 2. The van der Waals surface area contributed by atoms with Crippen molar-refractivity contribution in [3.8, 4) is 0 Å². The largest absolute Gasteiger partial charge is 0.465 e. The molecule has 2 aromatic heterocycles. The summed E-state index contributed by atoms with van der Waals surface area (Å²) in [5.41, 5.74) is 0. The minimum Gasteiger partial charge on any atom is -0.465 e. The highest BCUT2D eigenvalue weighted by Gasteiger charge is 2.24. The molecule has 2 heterocycles. The number of anilines is 1. The second kappa shape index (κ2) is 5.31. The maximum atomic E-state index is 12.1. The number of sulfonamides is 1. The normalized spacial score (nSPS) is 11.3. The van der Waals surface area contributed by atoms with Gasteiger partial charge in [-0.15, -0.1) is 11.3 Å².